The van der Waals surface area contributed by atoms with E-state index in [2.05, 4.69) is 19.3 Å². The van der Waals surface area contributed by atoms with Crippen LogP contribution in [0.3, 0.4) is 0 Å². The van der Waals surface area contributed by atoms with Crippen molar-refractivity contribution in [3.8, 4) is 0 Å². The predicted molar refractivity (Wildman–Crippen MR) is 197 cm³/mol. The fraction of sp³-hybridized carbons (Fsp3) is 0.947. The smallest absolute Gasteiger partial charge is 0.369 e. The first-order chi connectivity index (χ1) is 23.0. The topological polar surface area (TPSA) is 117 Å². The molecule has 0 aromatic carbocycles. The lowest BCUT2D eigenvalue weighted by Crippen LogP contribution is -2.24. The Hall–Kier alpha value is -0.950. The van der Waals surface area contributed by atoms with Crippen molar-refractivity contribution < 1.29 is 27.8 Å². The average Bonchev–Trinajstić information content (AvgIpc) is 3.06. The third kappa shape index (κ3) is 34.7. The number of carbonyl (C=O) groups is 2. The van der Waals surface area contributed by atoms with Gasteiger partial charge in [0, 0.05) is 19.4 Å². The second-order valence-electron chi connectivity index (χ2n) is 13.5. The first-order valence-corrected chi connectivity index (χ1v) is 21.6. The first kappa shape index (κ1) is 46.0. The highest BCUT2D eigenvalue weighted by Gasteiger charge is 2.32. The zero-order chi connectivity index (χ0) is 34.5. The molecule has 280 valence electrons. The van der Waals surface area contributed by atoms with Gasteiger partial charge in [-0.25, -0.2) is 10.0 Å². The normalized spacial score (nSPS) is 12.7. The highest BCUT2D eigenvalue weighted by Crippen LogP contribution is 2.48. The van der Waals surface area contributed by atoms with Gasteiger partial charge in [-0.15, -0.1) is 0 Å². The van der Waals surface area contributed by atoms with E-state index in [0.29, 0.717) is 6.42 Å². The molecule has 0 saturated heterocycles. The lowest BCUT2D eigenvalue weighted by atomic mass is 10.0. The number of phosphoric acid groups is 1. The zero-order valence-electron chi connectivity index (χ0n) is 31.0. The number of unbranched alkanes of at least 4 members (excludes halogenated alkanes) is 28. The molecule has 1 atom stereocenters. The van der Waals surface area contributed by atoms with E-state index < -0.39 is 19.7 Å². The van der Waals surface area contributed by atoms with Crippen molar-refractivity contribution in [1.29, 1.82) is 0 Å². The largest absolute Gasteiger partial charge is 0.554 e. The van der Waals surface area contributed by atoms with Gasteiger partial charge in [0.25, 0.3) is 0 Å². The number of nitrogens with two attached hydrogens (primary N) is 1. The molecule has 0 aromatic rings. The van der Waals surface area contributed by atoms with Gasteiger partial charge in [0.2, 0.25) is 5.91 Å². The molecular formula is C38H77N2O6P. The second-order valence-corrected chi connectivity index (χ2v) is 15.1. The summed E-state index contributed by atoms with van der Waals surface area (Å²) in [7, 11) is -4.27. The van der Waals surface area contributed by atoms with Crippen LogP contribution in [0, 0.1) is 0 Å². The van der Waals surface area contributed by atoms with Crippen LogP contribution in [0.25, 0.3) is 0 Å². The van der Waals surface area contributed by atoms with E-state index in [-0.39, 0.29) is 26.0 Å². The summed E-state index contributed by atoms with van der Waals surface area (Å²) >= 11 is 0. The van der Waals surface area contributed by atoms with Gasteiger partial charge >= 0.3 is 13.8 Å². The molecule has 1 amide bonds. The summed E-state index contributed by atoms with van der Waals surface area (Å²) in [4.78, 5) is 24.6. The molecule has 9 heteroatoms. The summed E-state index contributed by atoms with van der Waals surface area (Å²) < 4.78 is 28.1. The van der Waals surface area contributed by atoms with Crippen molar-refractivity contribution in [2.75, 3.05) is 13.2 Å². The molecule has 0 aliphatic rings. The van der Waals surface area contributed by atoms with Gasteiger partial charge in [-0.1, -0.05) is 194 Å². The highest BCUT2D eigenvalue weighted by molar-refractivity contribution is 7.49. The number of rotatable bonds is 38. The van der Waals surface area contributed by atoms with Crippen LogP contribution >= 0.6 is 7.82 Å². The van der Waals surface area contributed by atoms with Gasteiger partial charge in [-0.05, 0) is 12.8 Å². The maximum atomic E-state index is 12.9. The van der Waals surface area contributed by atoms with Gasteiger partial charge in [-0.3, -0.25) is 14.1 Å². The molecule has 0 aliphatic carbocycles. The maximum absolute atomic E-state index is 12.9. The summed E-state index contributed by atoms with van der Waals surface area (Å²) in [5.74, 6) is -1.06. The molecule has 0 aliphatic heterocycles. The van der Waals surface area contributed by atoms with Crippen LogP contribution in [0.5, 0.6) is 0 Å². The van der Waals surface area contributed by atoms with E-state index in [0.717, 1.165) is 32.1 Å². The van der Waals surface area contributed by atoms with Crippen molar-refractivity contribution in [2.45, 2.75) is 219 Å². The monoisotopic (exact) mass is 689 g/mol. The molecule has 0 aromatic heterocycles. The van der Waals surface area contributed by atoms with Crippen molar-refractivity contribution >= 4 is 19.7 Å². The lowest BCUT2D eigenvalue weighted by molar-refractivity contribution is -0.139. The number of hydroxylamine groups is 1. The fourth-order valence-corrected chi connectivity index (χ4v) is 6.89. The van der Waals surface area contributed by atoms with E-state index in [4.69, 9.17) is 19.4 Å². The summed E-state index contributed by atoms with van der Waals surface area (Å²) in [5, 5.41) is 0. The maximum Gasteiger partial charge on any atom is 0.554 e. The van der Waals surface area contributed by atoms with Crippen LogP contribution in [-0.2, 0) is 27.8 Å². The average molecular weight is 689 g/mol. The molecule has 8 nitrogen and oxygen atoms in total. The third-order valence-corrected chi connectivity index (χ3v) is 10.1. The van der Waals surface area contributed by atoms with Gasteiger partial charge in [0.1, 0.15) is 0 Å². The summed E-state index contributed by atoms with van der Waals surface area (Å²) in [5.41, 5.74) is 7.63. The SMILES string of the molecule is CCCCCCCCCCCCCCCCCC(=O)NOP(=O)(OCCN)OC(=O)CCCCCCCCCCCCCCCCC. The van der Waals surface area contributed by atoms with E-state index in [1.807, 2.05) is 0 Å². The Morgan fingerprint density at radius 3 is 1.17 bits per heavy atom. The second kappa shape index (κ2) is 36.3. The number of amides is 1. The van der Waals surface area contributed by atoms with Crippen molar-refractivity contribution in [3.63, 3.8) is 0 Å². The molecule has 0 bridgehead atoms. The van der Waals surface area contributed by atoms with Crippen LogP contribution in [0.4, 0.5) is 0 Å². The van der Waals surface area contributed by atoms with Crippen LogP contribution < -0.4 is 11.2 Å². The van der Waals surface area contributed by atoms with Gasteiger partial charge in [0.15, 0.2) is 0 Å². The molecule has 0 fully saturated rings. The molecule has 3 N–H and O–H groups in total. The number of phosphoric ester groups is 1. The number of hydrogen-bond acceptors (Lipinski definition) is 7. The molecule has 0 radical (unpaired) electrons. The quantitative estimate of drug-likeness (QED) is 0.0376. The van der Waals surface area contributed by atoms with Gasteiger partial charge in [0.05, 0.1) is 6.61 Å². The minimum atomic E-state index is -4.27. The Morgan fingerprint density at radius 2 is 0.830 bits per heavy atom. The minimum Gasteiger partial charge on any atom is -0.369 e. The van der Waals surface area contributed by atoms with E-state index in [1.54, 1.807) is 0 Å². The summed E-state index contributed by atoms with van der Waals surface area (Å²) in [6, 6.07) is 0. The fourth-order valence-electron chi connectivity index (χ4n) is 5.86. The molecule has 0 spiro atoms. The van der Waals surface area contributed by atoms with Crippen molar-refractivity contribution in [1.82, 2.24) is 5.48 Å². The lowest BCUT2D eigenvalue weighted by Gasteiger charge is -2.17. The molecule has 0 saturated carbocycles. The Labute approximate surface area is 290 Å². The number of hydrogen-bond donors (Lipinski definition) is 2. The highest BCUT2D eigenvalue weighted by atomic mass is 31.2. The Bertz CT molecular complexity index is 739. The summed E-state index contributed by atoms with van der Waals surface area (Å²) in [6.45, 7) is 4.49. The van der Waals surface area contributed by atoms with Crippen LogP contribution in [0.15, 0.2) is 0 Å². The molecule has 0 rings (SSSR count). The van der Waals surface area contributed by atoms with Gasteiger partial charge < -0.3 is 10.3 Å². The van der Waals surface area contributed by atoms with Crippen LogP contribution in [0.1, 0.15) is 219 Å². The third-order valence-electron chi connectivity index (χ3n) is 8.84. The van der Waals surface area contributed by atoms with E-state index in [9.17, 15) is 14.2 Å². The molecule has 1 unspecified atom stereocenters. The van der Waals surface area contributed by atoms with Gasteiger partial charge in [-0.2, -0.15) is 4.62 Å². The van der Waals surface area contributed by atoms with Crippen molar-refractivity contribution in [3.05, 3.63) is 0 Å². The Kier molecular flexibility index (Phi) is 35.6. The zero-order valence-corrected chi connectivity index (χ0v) is 31.9. The van der Waals surface area contributed by atoms with Crippen LogP contribution in [0.2, 0.25) is 0 Å². The van der Waals surface area contributed by atoms with Crippen LogP contribution in [-0.4, -0.2) is 25.0 Å². The number of carbonyl (C=O) groups excluding carboxylic acids is 2. The van der Waals surface area contributed by atoms with E-state index in [1.165, 1.54) is 154 Å². The predicted octanol–water partition coefficient (Wildman–Crippen LogP) is 12.2. The standard InChI is InChI=1S/C38H77N2O6P/c1-3-5-7-9-11-13-15-17-19-21-23-25-27-29-31-33-37(41)40-46-47(43,44-36-35-39)45-38(42)34-32-30-28-26-24-22-20-18-16-14-12-10-8-6-4-2/h3-36,39H2,1-2H3,(H,40,41). The minimum absolute atomic E-state index is 0.0804. The van der Waals surface area contributed by atoms with Crippen molar-refractivity contribution in [2.24, 2.45) is 5.73 Å². The molecule has 0 heterocycles. The molecular weight excluding hydrogens is 611 g/mol. The Morgan fingerprint density at radius 1 is 0.511 bits per heavy atom. The van der Waals surface area contributed by atoms with E-state index >= 15 is 0 Å². The summed E-state index contributed by atoms with van der Waals surface area (Å²) in [6.07, 6.45) is 37.7. The number of nitrogens with one attached hydrogen (secondary N) is 1. The first-order valence-electron chi connectivity index (χ1n) is 20.1. The molecule has 47 heavy (non-hydrogen) atoms. The Balaban J connectivity index is 3.82.